The highest BCUT2D eigenvalue weighted by Gasteiger charge is 2.30. The molecular formula is C18H28N2O3S. The fourth-order valence-electron chi connectivity index (χ4n) is 3.25. The summed E-state index contributed by atoms with van der Waals surface area (Å²) in [5.74, 6) is 0.195. The number of amides is 1. The van der Waals surface area contributed by atoms with Gasteiger partial charge in [-0.1, -0.05) is 13.0 Å². The van der Waals surface area contributed by atoms with Gasteiger partial charge in [0.2, 0.25) is 10.0 Å². The predicted octanol–water partition coefficient (Wildman–Crippen LogP) is 2.42. The number of piperazine rings is 1. The van der Waals surface area contributed by atoms with Crippen molar-refractivity contribution >= 4 is 15.9 Å². The number of sulfonamides is 1. The van der Waals surface area contributed by atoms with Gasteiger partial charge in [-0.05, 0) is 56.4 Å². The van der Waals surface area contributed by atoms with Crippen molar-refractivity contribution < 1.29 is 13.2 Å². The van der Waals surface area contributed by atoms with Gasteiger partial charge in [-0.2, -0.15) is 4.31 Å². The van der Waals surface area contributed by atoms with Crippen molar-refractivity contribution in [3.8, 4) is 0 Å². The van der Waals surface area contributed by atoms with E-state index < -0.39 is 10.0 Å². The molecule has 0 radical (unpaired) electrons. The average Bonchev–Trinajstić information content (AvgIpc) is 2.53. The summed E-state index contributed by atoms with van der Waals surface area (Å²) in [7, 11) is -3.18. The minimum atomic E-state index is -3.18. The topological polar surface area (TPSA) is 57.7 Å². The molecule has 0 bridgehead atoms. The summed E-state index contributed by atoms with van der Waals surface area (Å²) >= 11 is 0. The molecule has 0 aliphatic carbocycles. The van der Waals surface area contributed by atoms with E-state index in [9.17, 15) is 13.2 Å². The Labute approximate surface area is 145 Å². The van der Waals surface area contributed by atoms with Gasteiger partial charge in [0.15, 0.2) is 0 Å². The van der Waals surface area contributed by atoms with Gasteiger partial charge < -0.3 is 4.90 Å². The maximum absolute atomic E-state index is 13.0. The Hall–Kier alpha value is -1.40. The standard InChI is InChI=1S/C18H28N2O3S/c1-6-11-24(22,23)20-9-7-19(8-10-20)18(21)17-15(4)13(2)12-14(3)16(17)5/h12H,6-11H2,1-5H3. The molecular weight excluding hydrogens is 324 g/mol. The monoisotopic (exact) mass is 352 g/mol. The minimum absolute atomic E-state index is 0.0179. The first-order valence-electron chi connectivity index (χ1n) is 8.53. The van der Waals surface area contributed by atoms with E-state index in [1.165, 1.54) is 4.31 Å². The number of aryl methyl sites for hydroxylation is 2. The van der Waals surface area contributed by atoms with Crippen molar-refractivity contribution in [3.63, 3.8) is 0 Å². The van der Waals surface area contributed by atoms with Crippen LogP contribution in [0, 0.1) is 27.7 Å². The van der Waals surface area contributed by atoms with E-state index in [-0.39, 0.29) is 11.7 Å². The van der Waals surface area contributed by atoms with Gasteiger partial charge in [-0.15, -0.1) is 0 Å². The normalized spacial score (nSPS) is 16.5. The lowest BCUT2D eigenvalue weighted by Gasteiger charge is -2.34. The third-order valence-corrected chi connectivity index (χ3v) is 7.04. The molecule has 0 N–H and O–H groups in total. The Morgan fingerprint density at radius 3 is 1.96 bits per heavy atom. The summed E-state index contributed by atoms with van der Waals surface area (Å²) in [5, 5.41) is 0. The lowest BCUT2D eigenvalue weighted by atomic mass is 9.93. The van der Waals surface area contributed by atoms with Gasteiger partial charge in [0.05, 0.1) is 5.75 Å². The van der Waals surface area contributed by atoms with E-state index in [1.807, 2.05) is 34.6 Å². The Kier molecular flexibility index (Phi) is 5.71. The highest BCUT2D eigenvalue weighted by atomic mass is 32.2. The summed E-state index contributed by atoms with van der Waals surface area (Å²) in [4.78, 5) is 14.8. The van der Waals surface area contributed by atoms with Crippen molar-refractivity contribution in [2.75, 3.05) is 31.9 Å². The average molecular weight is 353 g/mol. The summed E-state index contributed by atoms with van der Waals surface area (Å²) in [6.07, 6.45) is 0.614. The van der Waals surface area contributed by atoms with Crippen molar-refractivity contribution in [1.29, 1.82) is 0 Å². The van der Waals surface area contributed by atoms with Crippen LogP contribution in [0.25, 0.3) is 0 Å². The number of nitrogens with zero attached hydrogens (tertiary/aromatic N) is 2. The molecule has 24 heavy (non-hydrogen) atoms. The van der Waals surface area contributed by atoms with Crippen LogP contribution in [0.1, 0.15) is 46.0 Å². The van der Waals surface area contributed by atoms with Gasteiger partial charge in [-0.3, -0.25) is 4.79 Å². The van der Waals surface area contributed by atoms with Gasteiger partial charge in [0.1, 0.15) is 0 Å². The van der Waals surface area contributed by atoms with Gasteiger partial charge in [0.25, 0.3) is 5.91 Å². The SMILES string of the molecule is CCCS(=O)(=O)N1CCN(C(=O)c2c(C)c(C)cc(C)c2C)CC1. The molecule has 1 aromatic carbocycles. The molecule has 1 saturated heterocycles. The molecule has 2 rings (SSSR count). The van der Waals surface area contributed by atoms with E-state index >= 15 is 0 Å². The van der Waals surface area contributed by atoms with Crippen LogP contribution < -0.4 is 0 Å². The van der Waals surface area contributed by atoms with Crippen LogP contribution in [-0.2, 0) is 10.0 Å². The molecule has 1 heterocycles. The molecule has 1 amide bonds. The molecule has 6 heteroatoms. The molecule has 0 saturated carbocycles. The molecule has 1 fully saturated rings. The molecule has 1 aromatic rings. The quantitative estimate of drug-likeness (QED) is 0.836. The summed E-state index contributed by atoms with van der Waals surface area (Å²) < 4.78 is 25.8. The number of rotatable bonds is 4. The van der Waals surface area contributed by atoms with Crippen LogP contribution in [0.5, 0.6) is 0 Å². The van der Waals surface area contributed by atoms with Gasteiger partial charge in [-0.25, -0.2) is 8.42 Å². The summed E-state index contributed by atoms with van der Waals surface area (Å²) in [6, 6.07) is 2.11. The fourth-order valence-corrected chi connectivity index (χ4v) is 4.75. The second-order valence-corrected chi connectivity index (χ2v) is 8.73. The smallest absolute Gasteiger partial charge is 0.254 e. The van der Waals surface area contributed by atoms with Crippen LogP contribution in [0.15, 0.2) is 6.07 Å². The van der Waals surface area contributed by atoms with Crippen LogP contribution in [-0.4, -0.2) is 55.5 Å². The lowest BCUT2D eigenvalue weighted by molar-refractivity contribution is 0.0696. The molecule has 0 spiro atoms. The van der Waals surface area contributed by atoms with Crippen LogP contribution in [0.3, 0.4) is 0 Å². The maximum Gasteiger partial charge on any atom is 0.254 e. The van der Waals surface area contributed by atoms with Crippen LogP contribution in [0.2, 0.25) is 0 Å². The zero-order valence-corrected chi connectivity index (χ0v) is 16.2. The third-order valence-electron chi connectivity index (χ3n) is 4.96. The second-order valence-electron chi connectivity index (χ2n) is 6.64. The summed E-state index contributed by atoms with van der Waals surface area (Å²) in [6.45, 7) is 11.5. The van der Waals surface area contributed by atoms with E-state index in [2.05, 4.69) is 6.07 Å². The molecule has 5 nitrogen and oxygen atoms in total. The first kappa shape index (κ1) is 18.9. The van der Waals surface area contributed by atoms with E-state index in [0.29, 0.717) is 32.6 Å². The van der Waals surface area contributed by atoms with Crippen molar-refractivity contribution in [3.05, 3.63) is 33.9 Å². The first-order chi connectivity index (χ1) is 11.2. The van der Waals surface area contributed by atoms with Gasteiger partial charge in [0, 0.05) is 31.7 Å². The molecule has 134 valence electrons. The van der Waals surface area contributed by atoms with E-state index in [0.717, 1.165) is 27.8 Å². The molecule has 1 aliphatic rings. The largest absolute Gasteiger partial charge is 0.336 e. The Bertz CT molecular complexity index is 707. The molecule has 0 unspecified atom stereocenters. The fraction of sp³-hybridized carbons (Fsp3) is 0.611. The van der Waals surface area contributed by atoms with Crippen molar-refractivity contribution in [2.24, 2.45) is 0 Å². The highest BCUT2D eigenvalue weighted by Crippen LogP contribution is 2.24. The maximum atomic E-state index is 13.0. The lowest BCUT2D eigenvalue weighted by Crippen LogP contribution is -2.51. The number of hydrogen-bond acceptors (Lipinski definition) is 3. The molecule has 0 atom stereocenters. The van der Waals surface area contributed by atoms with Gasteiger partial charge >= 0.3 is 0 Å². The summed E-state index contributed by atoms with van der Waals surface area (Å²) in [5.41, 5.74) is 5.04. The van der Waals surface area contributed by atoms with Crippen molar-refractivity contribution in [1.82, 2.24) is 9.21 Å². The third kappa shape index (κ3) is 3.64. The van der Waals surface area contributed by atoms with Crippen LogP contribution in [0.4, 0.5) is 0 Å². The molecule has 1 aliphatic heterocycles. The van der Waals surface area contributed by atoms with E-state index in [4.69, 9.17) is 0 Å². The Balaban J connectivity index is 2.18. The number of carbonyl (C=O) groups excluding carboxylic acids is 1. The van der Waals surface area contributed by atoms with Crippen molar-refractivity contribution in [2.45, 2.75) is 41.0 Å². The zero-order chi connectivity index (χ0) is 18.1. The zero-order valence-electron chi connectivity index (χ0n) is 15.3. The van der Waals surface area contributed by atoms with Crippen LogP contribution >= 0.6 is 0 Å². The molecule has 0 aromatic heterocycles. The Morgan fingerprint density at radius 2 is 1.50 bits per heavy atom. The number of hydrogen-bond donors (Lipinski definition) is 0. The number of benzene rings is 1. The predicted molar refractivity (Wildman–Crippen MR) is 96.9 cm³/mol. The Morgan fingerprint density at radius 1 is 1.00 bits per heavy atom. The van der Waals surface area contributed by atoms with E-state index in [1.54, 1.807) is 4.90 Å². The highest BCUT2D eigenvalue weighted by molar-refractivity contribution is 7.89. The second kappa shape index (κ2) is 7.23. The minimum Gasteiger partial charge on any atom is -0.336 e. The number of carbonyl (C=O) groups is 1. The first-order valence-corrected chi connectivity index (χ1v) is 10.1.